The van der Waals surface area contributed by atoms with Gasteiger partial charge in [-0.3, -0.25) is 4.79 Å². The first kappa shape index (κ1) is 16.0. The van der Waals surface area contributed by atoms with Crippen molar-refractivity contribution in [3.8, 4) is 5.75 Å². The number of aromatic carboxylic acids is 1. The summed E-state index contributed by atoms with van der Waals surface area (Å²) in [5.41, 5.74) is 0.871. The lowest BCUT2D eigenvalue weighted by molar-refractivity contribution is -0.123. The highest BCUT2D eigenvalue weighted by Crippen LogP contribution is 2.19. The van der Waals surface area contributed by atoms with Gasteiger partial charge in [0, 0.05) is 20.3 Å². The molecule has 0 aromatic heterocycles. The number of methoxy groups -OCH3 is 1. The highest BCUT2D eigenvalue weighted by molar-refractivity contribution is 5.88. The number of rotatable bonds is 8. The summed E-state index contributed by atoms with van der Waals surface area (Å²) in [6.45, 7) is 2.77. The Hall–Kier alpha value is -2.08. The van der Waals surface area contributed by atoms with E-state index in [1.807, 2.05) is 0 Å². The maximum absolute atomic E-state index is 11.5. The van der Waals surface area contributed by atoms with E-state index < -0.39 is 5.97 Å². The fourth-order valence-electron chi connectivity index (χ4n) is 1.58. The number of hydrogen-bond acceptors (Lipinski definition) is 4. The molecule has 2 N–H and O–H groups in total. The summed E-state index contributed by atoms with van der Waals surface area (Å²) in [5, 5.41) is 11.5. The molecule has 0 heterocycles. The first-order valence-corrected chi connectivity index (χ1v) is 6.27. The SMILES string of the molecule is COCCCNC(=O)COc1ccc(C(=O)O)cc1C. The van der Waals surface area contributed by atoms with Gasteiger partial charge in [0.2, 0.25) is 0 Å². The third kappa shape index (κ3) is 5.27. The zero-order valence-corrected chi connectivity index (χ0v) is 11.6. The van der Waals surface area contributed by atoms with Gasteiger partial charge < -0.3 is 19.9 Å². The smallest absolute Gasteiger partial charge is 0.335 e. The van der Waals surface area contributed by atoms with E-state index in [1.54, 1.807) is 20.1 Å². The molecule has 110 valence electrons. The minimum absolute atomic E-state index is 0.0970. The van der Waals surface area contributed by atoms with Gasteiger partial charge >= 0.3 is 5.97 Å². The van der Waals surface area contributed by atoms with Crippen molar-refractivity contribution in [3.63, 3.8) is 0 Å². The van der Waals surface area contributed by atoms with Crippen LogP contribution in [0.1, 0.15) is 22.3 Å². The largest absolute Gasteiger partial charge is 0.484 e. The Bertz CT molecular complexity index is 473. The van der Waals surface area contributed by atoms with Crippen molar-refractivity contribution in [2.75, 3.05) is 26.9 Å². The molecule has 0 aliphatic carbocycles. The van der Waals surface area contributed by atoms with Gasteiger partial charge in [-0.2, -0.15) is 0 Å². The second kappa shape index (κ2) is 8.16. The number of carboxylic acids is 1. The van der Waals surface area contributed by atoms with Crippen LogP contribution in [0.15, 0.2) is 18.2 Å². The lowest BCUT2D eigenvalue weighted by Crippen LogP contribution is -2.30. The fraction of sp³-hybridized carbons (Fsp3) is 0.429. The molecule has 0 fully saturated rings. The van der Waals surface area contributed by atoms with Crippen molar-refractivity contribution in [1.82, 2.24) is 5.32 Å². The van der Waals surface area contributed by atoms with Gasteiger partial charge in [-0.15, -0.1) is 0 Å². The Morgan fingerprint density at radius 2 is 2.10 bits per heavy atom. The molecular weight excluding hydrogens is 262 g/mol. The van der Waals surface area contributed by atoms with E-state index >= 15 is 0 Å². The predicted molar refractivity (Wildman–Crippen MR) is 73.1 cm³/mol. The average Bonchev–Trinajstić information content (AvgIpc) is 2.42. The Balaban J connectivity index is 2.41. The van der Waals surface area contributed by atoms with E-state index in [9.17, 15) is 9.59 Å². The molecule has 0 spiro atoms. The van der Waals surface area contributed by atoms with E-state index in [1.165, 1.54) is 12.1 Å². The Morgan fingerprint density at radius 1 is 1.35 bits per heavy atom. The summed E-state index contributed by atoms with van der Waals surface area (Å²) in [7, 11) is 1.61. The van der Waals surface area contributed by atoms with E-state index in [4.69, 9.17) is 14.6 Å². The van der Waals surface area contributed by atoms with Crippen LogP contribution in [-0.4, -0.2) is 43.9 Å². The van der Waals surface area contributed by atoms with Crippen LogP contribution in [0.5, 0.6) is 5.75 Å². The standard InChI is InChI=1S/C14H19NO5/c1-10-8-11(14(17)18)4-5-12(10)20-9-13(16)15-6-3-7-19-2/h4-5,8H,3,6-7,9H2,1-2H3,(H,15,16)(H,17,18). The van der Waals surface area contributed by atoms with Crippen LogP contribution in [0.25, 0.3) is 0 Å². The molecule has 0 saturated carbocycles. The van der Waals surface area contributed by atoms with Crippen LogP contribution in [0.2, 0.25) is 0 Å². The summed E-state index contributed by atoms with van der Waals surface area (Å²) < 4.78 is 10.2. The van der Waals surface area contributed by atoms with Crippen LogP contribution in [0, 0.1) is 6.92 Å². The molecule has 0 aliphatic rings. The number of hydrogen-bond donors (Lipinski definition) is 2. The molecule has 6 nitrogen and oxygen atoms in total. The average molecular weight is 281 g/mol. The number of carbonyl (C=O) groups excluding carboxylic acids is 1. The zero-order valence-electron chi connectivity index (χ0n) is 11.6. The number of carboxylic acid groups (broad SMARTS) is 1. The number of nitrogens with one attached hydrogen (secondary N) is 1. The van der Waals surface area contributed by atoms with Crippen molar-refractivity contribution in [1.29, 1.82) is 0 Å². The second-order valence-corrected chi connectivity index (χ2v) is 4.27. The molecule has 0 unspecified atom stereocenters. The number of ether oxygens (including phenoxy) is 2. The van der Waals surface area contributed by atoms with Crippen molar-refractivity contribution in [2.24, 2.45) is 0 Å². The van der Waals surface area contributed by atoms with Crippen LogP contribution >= 0.6 is 0 Å². The van der Waals surface area contributed by atoms with Gasteiger partial charge in [0.05, 0.1) is 5.56 Å². The summed E-state index contributed by atoms with van der Waals surface area (Å²) in [6, 6.07) is 4.51. The highest BCUT2D eigenvalue weighted by atomic mass is 16.5. The van der Waals surface area contributed by atoms with Gasteiger partial charge in [-0.25, -0.2) is 4.79 Å². The third-order valence-corrected chi connectivity index (χ3v) is 2.63. The van der Waals surface area contributed by atoms with Crippen molar-refractivity contribution in [3.05, 3.63) is 29.3 Å². The molecule has 0 atom stereocenters. The topological polar surface area (TPSA) is 84.9 Å². The summed E-state index contributed by atoms with van der Waals surface area (Å²) in [6.07, 6.45) is 0.745. The quantitative estimate of drug-likeness (QED) is 0.700. The fourth-order valence-corrected chi connectivity index (χ4v) is 1.58. The van der Waals surface area contributed by atoms with Gasteiger partial charge in [0.15, 0.2) is 6.61 Å². The van der Waals surface area contributed by atoms with Gasteiger partial charge in [0.25, 0.3) is 5.91 Å². The van der Waals surface area contributed by atoms with Crippen LogP contribution < -0.4 is 10.1 Å². The molecule has 0 saturated heterocycles. The maximum Gasteiger partial charge on any atom is 0.335 e. The van der Waals surface area contributed by atoms with Gasteiger partial charge in [-0.1, -0.05) is 0 Å². The second-order valence-electron chi connectivity index (χ2n) is 4.27. The molecule has 0 radical (unpaired) electrons. The molecule has 6 heteroatoms. The maximum atomic E-state index is 11.5. The Morgan fingerprint density at radius 3 is 2.70 bits per heavy atom. The molecule has 1 amide bonds. The minimum Gasteiger partial charge on any atom is -0.484 e. The van der Waals surface area contributed by atoms with Crippen molar-refractivity contribution in [2.45, 2.75) is 13.3 Å². The number of carbonyl (C=O) groups is 2. The monoisotopic (exact) mass is 281 g/mol. The Labute approximate surface area is 117 Å². The molecule has 0 aliphatic heterocycles. The predicted octanol–water partition coefficient (Wildman–Crippen LogP) is 1.22. The number of aryl methyl sites for hydroxylation is 1. The number of amides is 1. The summed E-state index contributed by atoms with van der Waals surface area (Å²) in [5.74, 6) is -0.708. The van der Waals surface area contributed by atoms with Gasteiger partial charge in [0.1, 0.15) is 5.75 Å². The lowest BCUT2D eigenvalue weighted by Gasteiger charge is -2.10. The lowest BCUT2D eigenvalue weighted by atomic mass is 10.1. The molecular formula is C14H19NO5. The van der Waals surface area contributed by atoms with Crippen LogP contribution in [0.3, 0.4) is 0 Å². The first-order chi connectivity index (χ1) is 9.54. The van der Waals surface area contributed by atoms with E-state index in [-0.39, 0.29) is 18.1 Å². The minimum atomic E-state index is -0.990. The zero-order chi connectivity index (χ0) is 15.0. The van der Waals surface area contributed by atoms with E-state index in [2.05, 4.69) is 5.32 Å². The summed E-state index contributed by atoms with van der Waals surface area (Å²) >= 11 is 0. The van der Waals surface area contributed by atoms with Crippen molar-refractivity contribution >= 4 is 11.9 Å². The molecule has 1 rings (SSSR count). The van der Waals surface area contributed by atoms with E-state index in [0.29, 0.717) is 24.5 Å². The normalized spacial score (nSPS) is 10.1. The summed E-state index contributed by atoms with van der Waals surface area (Å²) in [4.78, 5) is 22.3. The van der Waals surface area contributed by atoms with Gasteiger partial charge in [-0.05, 0) is 37.1 Å². The third-order valence-electron chi connectivity index (χ3n) is 2.63. The first-order valence-electron chi connectivity index (χ1n) is 6.27. The van der Waals surface area contributed by atoms with Crippen molar-refractivity contribution < 1.29 is 24.2 Å². The molecule has 1 aromatic rings. The Kier molecular flexibility index (Phi) is 6.52. The molecule has 0 bridgehead atoms. The van der Waals surface area contributed by atoms with Crippen LogP contribution in [-0.2, 0) is 9.53 Å². The molecule has 20 heavy (non-hydrogen) atoms. The molecule has 1 aromatic carbocycles. The highest BCUT2D eigenvalue weighted by Gasteiger charge is 2.08. The number of benzene rings is 1. The van der Waals surface area contributed by atoms with Crippen LogP contribution in [0.4, 0.5) is 0 Å². The van der Waals surface area contributed by atoms with E-state index in [0.717, 1.165) is 6.42 Å².